The van der Waals surface area contributed by atoms with E-state index >= 15 is 0 Å². The van der Waals surface area contributed by atoms with Crippen LogP contribution in [-0.2, 0) is 31.9 Å². The fourth-order valence-corrected chi connectivity index (χ4v) is 6.90. The molecule has 0 radical (unpaired) electrons. The monoisotopic (exact) mass is 835 g/mol. The molecule has 8 rings (SSSR count). The molecule has 5 nitrogen and oxygen atoms in total. The Bertz CT molecular complexity index is 2330. The molecule has 0 aliphatic carbocycles. The van der Waals surface area contributed by atoms with Crippen molar-refractivity contribution in [1.82, 2.24) is 9.55 Å². The van der Waals surface area contributed by atoms with Crippen LogP contribution in [0.2, 0.25) is 0 Å². The molecule has 3 heterocycles. The van der Waals surface area contributed by atoms with Gasteiger partial charge in [0.25, 0.3) is 0 Å². The SMILES string of the molecule is CC(C)(C)c1ccnc(-n2c3[c-]c(Oc4[c-]c(N5CN(c6ccccc6)c6ccccc65)ccc4)cc(C(C)(C)C)c3c3ccccc32)c1.[Pt+2]. The fraction of sp³-hybridized carbons (Fsp3) is 0.205. The maximum atomic E-state index is 6.70. The van der Waals surface area contributed by atoms with Crippen LogP contribution in [0.1, 0.15) is 52.7 Å². The molecule has 0 saturated heterocycles. The van der Waals surface area contributed by atoms with Gasteiger partial charge in [-0.1, -0.05) is 107 Å². The van der Waals surface area contributed by atoms with E-state index in [0.29, 0.717) is 18.2 Å². The number of fused-ring (bicyclic) bond motifs is 4. The van der Waals surface area contributed by atoms with Gasteiger partial charge in [-0.15, -0.1) is 35.9 Å². The van der Waals surface area contributed by atoms with Gasteiger partial charge in [0.2, 0.25) is 0 Å². The molecule has 7 aromatic rings. The molecule has 0 N–H and O–H groups in total. The normalized spacial score (nSPS) is 13.1. The average molecular weight is 836 g/mol. The number of ether oxygens (including phenoxy) is 1. The topological polar surface area (TPSA) is 33.5 Å². The molecular formula is C44H40N4OPt. The van der Waals surface area contributed by atoms with Gasteiger partial charge in [-0.2, -0.15) is 6.07 Å². The molecular weight excluding hydrogens is 796 g/mol. The second-order valence-corrected chi connectivity index (χ2v) is 14.9. The fourth-order valence-electron chi connectivity index (χ4n) is 6.90. The van der Waals surface area contributed by atoms with E-state index in [2.05, 4.69) is 171 Å². The Morgan fingerprint density at radius 2 is 1.36 bits per heavy atom. The molecule has 2 aromatic heterocycles. The number of benzene rings is 5. The van der Waals surface area contributed by atoms with Crippen LogP contribution in [0.25, 0.3) is 27.6 Å². The Kier molecular flexibility index (Phi) is 8.60. The number of para-hydroxylation sites is 4. The Balaban J connectivity index is 0.00000392. The van der Waals surface area contributed by atoms with E-state index in [9.17, 15) is 0 Å². The molecule has 1 aliphatic heterocycles. The van der Waals surface area contributed by atoms with Gasteiger partial charge >= 0.3 is 21.1 Å². The zero-order chi connectivity index (χ0) is 33.9. The first-order chi connectivity index (χ1) is 23.6. The van der Waals surface area contributed by atoms with Crippen molar-refractivity contribution < 1.29 is 25.8 Å². The van der Waals surface area contributed by atoms with E-state index in [1.165, 1.54) is 27.6 Å². The number of pyridine rings is 1. The van der Waals surface area contributed by atoms with Crippen LogP contribution in [0.3, 0.4) is 0 Å². The Morgan fingerprint density at radius 3 is 2.10 bits per heavy atom. The Hall–Kier alpha value is -4.86. The van der Waals surface area contributed by atoms with Gasteiger partial charge in [0.15, 0.2) is 0 Å². The first kappa shape index (κ1) is 33.6. The molecule has 0 unspecified atom stereocenters. The van der Waals surface area contributed by atoms with Gasteiger partial charge in [0.1, 0.15) is 5.82 Å². The second kappa shape index (κ2) is 12.8. The van der Waals surface area contributed by atoms with Gasteiger partial charge in [-0.05, 0) is 64.2 Å². The third kappa shape index (κ3) is 5.98. The van der Waals surface area contributed by atoms with E-state index in [4.69, 9.17) is 9.72 Å². The molecule has 252 valence electrons. The summed E-state index contributed by atoms with van der Waals surface area (Å²) in [6.07, 6.45) is 1.91. The van der Waals surface area contributed by atoms with Crippen LogP contribution in [0, 0.1) is 12.1 Å². The van der Waals surface area contributed by atoms with Gasteiger partial charge in [-0.3, -0.25) is 0 Å². The second-order valence-electron chi connectivity index (χ2n) is 14.9. The van der Waals surface area contributed by atoms with Crippen molar-refractivity contribution in [2.45, 2.75) is 52.4 Å². The van der Waals surface area contributed by atoms with E-state index in [0.717, 1.165) is 33.9 Å². The molecule has 0 spiro atoms. The molecule has 0 amide bonds. The van der Waals surface area contributed by atoms with E-state index in [-0.39, 0.29) is 31.9 Å². The number of aromatic nitrogens is 2. The molecule has 1 aliphatic rings. The number of rotatable bonds is 5. The summed E-state index contributed by atoms with van der Waals surface area (Å²) in [7, 11) is 0. The smallest absolute Gasteiger partial charge is 0.509 e. The summed E-state index contributed by atoms with van der Waals surface area (Å²) in [5, 5.41) is 2.35. The molecule has 5 aromatic carbocycles. The van der Waals surface area contributed by atoms with Crippen molar-refractivity contribution in [3.63, 3.8) is 0 Å². The van der Waals surface area contributed by atoms with Crippen molar-refractivity contribution in [3.8, 4) is 17.3 Å². The van der Waals surface area contributed by atoms with Crippen LogP contribution >= 0.6 is 0 Å². The number of hydrogen-bond acceptors (Lipinski definition) is 4. The van der Waals surface area contributed by atoms with Crippen LogP contribution in [0.15, 0.2) is 121 Å². The van der Waals surface area contributed by atoms with Crippen molar-refractivity contribution in [1.29, 1.82) is 0 Å². The van der Waals surface area contributed by atoms with Crippen molar-refractivity contribution in [2.75, 3.05) is 16.5 Å². The predicted molar refractivity (Wildman–Crippen MR) is 202 cm³/mol. The minimum Gasteiger partial charge on any atom is -0.509 e. The minimum absolute atomic E-state index is 0. The largest absolute Gasteiger partial charge is 2.00 e. The van der Waals surface area contributed by atoms with Gasteiger partial charge in [0, 0.05) is 28.9 Å². The van der Waals surface area contributed by atoms with Crippen LogP contribution < -0.4 is 14.5 Å². The summed E-state index contributed by atoms with van der Waals surface area (Å²) in [4.78, 5) is 9.50. The van der Waals surface area contributed by atoms with E-state index in [1.54, 1.807) is 0 Å². The molecule has 0 fully saturated rings. The van der Waals surface area contributed by atoms with Crippen LogP contribution in [0.4, 0.5) is 22.7 Å². The summed E-state index contributed by atoms with van der Waals surface area (Å²) in [5.41, 5.74) is 8.69. The summed E-state index contributed by atoms with van der Waals surface area (Å²) >= 11 is 0. The van der Waals surface area contributed by atoms with E-state index < -0.39 is 0 Å². The number of anilines is 4. The average Bonchev–Trinajstić information content (AvgIpc) is 3.64. The molecule has 6 heteroatoms. The Morgan fingerprint density at radius 1 is 0.660 bits per heavy atom. The molecule has 0 saturated carbocycles. The third-order valence-electron chi connectivity index (χ3n) is 9.39. The first-order valence-corrected chi connectivity index (χ1v) is 16.9. The predicted octanol–water partition coefficient (Wildman–Crippen LogP) is 11.4. The molecule has 0 atom stereocenters. The summed E-state index contributed by atoms with van der Waals surface area (Å²) in [6, 6.07) is 47.5. The minimum atomic E-state index is -0.160. The van der Waals surface area contributed by atoms with Gasteiger partial charge in [0.05, 0.1) is 18.0 Å². The number of hydrogen-bond donors (Lipinski definition) is 0. The number of nitrogens with zero attached hydrogens (tertiary/aromatic N) is 4. The summed E-state index contributed by atoms with van der Waals surface area (Å²) < 4.78 is 8.94. The van der Waals surface area contributed by atoms with Crippen LogP contribution in [0.5, 0.6) is 11.5 Å². The quantitative estimate of drug-likeness (QED) is 0.162. The zero-order valence-electron chi connectivity index (χ0n) is 29.3. The first-order valence-electron chi connectivity index (χ1n) is 16.9. The zero-order valence-corrected chi connectivity index (χ0v) is 31.5. The van der Waals surface area contributed by atoms with Gasteiger partial charge < -0.3 is 19.1 Å². The summed E-state index contributed by atoms with van der Waals surface area (Å²) in [5.74, 6) is 2.16. The van der Waals surface area contributed by atoms with Crippen LogP contribution in [-0.4, -0.2) is 16.2 Å². The third-order valence-corrected chi connectivity index (χ3v) is 9.39. The van der Waals surface area contributed by atoms with Gasteiger partial charge in [-0.25, -0.2) is 4.98 Å². The maximum Gasteiger partial charge on any atom is 2.00 e. The Labute approximate surface area is 309 Å². The maximum absolute atomic E-state index is 6.70. The summed E-state index contributed by atoms with van der Waals surface area (Å²) in [6.45, 7) is 14.1. The molecule has 0 bridgehead atoms. The van der Waals surface area contributed by atoms with E-state index in [1.807, 2.05) is 18.3 Å². The molecule has 50 heavy (non-hydrogen) atoms. The van der Waals surface area contributed by atoms with Crippen molar-refractivity contribution in [3.05, 3.63) is 145 Å². The van der Waals surface area contributed by atoms with Crippen molar-refractivity contribution >= 4 is 44.6 Å². The standard InChI is InChI=1S/C44H40N4O.Pt/c1-43(2,3)30-23-24-45-41(25-30)48-37-20-11-10-19-35(37)42-36(44(4,5)6)27-34(28-40(42)48)49-33-18-14-17-32(26-33)47-29-46(31-15-8-7-9-16-31)38-21-12-13-22-39(38)47;/h7-25,27H,29H2,1-6H3;/q-2;+2. The van der Waals surface area contributed by atoms with Crippen molar-refractivity contribution in [2.24, 2.45) is 0 Å².